The Labute approximate surface area is 322 Å². The van der Waals surface area contributed by atoms with Gasteiger partial charge in [0.1, 0.15) is 0 Å². The topological polar surface area (TPSA) is 158 Å². The summed E-state index contributed by atoms with van der Waals surface area (Å²) in [7, 11) is 5.06. The van der Waals surface area contributed by atoms with Gasteiger partial charge in [-0.1, -0.05) is 17.7 Å². The average molecular weight is 781 g/mol. The van der Waals surface area contributed by atoms with E-state index in [1.807, 2.05) is 11.9 Å². The zero-order valence-electron chi connectivity index (χ0n) is 31.3. The largest absolute Gasteiger partial charge is 0.383 e. The number of hydrogen-bond acceptors (Lipinski definition) is 7. The number of hydrogen-bond donors (Lipinski definition) is 2. The van der Waals surface area contributed by atoms with Gasteiger partial charge in [0.25, 0.3) is 17.7 Å². The van der Waals surface area contributed by atoms with Crippen LogP contribution in [-0.2, 0) is 27.9 Å². The molecule has 0 unspecified atom stereocenters. The summed E-state index contributed by atoms with van der Waals surface area (Å²) in [5, 5.41) is 7.10. The van der Waals surface area contributed by atoms with E-state index in [-0.39, 0.29) is 63.4 Å². The van der Waals surface area contributed by atoms with Crippen LogP contribution in [0.25, 0.3) is 22.4 Å². The molecule has 2 aliphatic rings. The molecule has 4 amide bonds. The van der Waals surface area contributed by atoms with Crippen molar-refractivity contribution in [1.29, 1.82) is 0 Å². The number of primary amides is 1. The molecule has 2 aromatic carbocycles. The first-order valence-corrected chi connectivity index (χ1v) is 18.4. The van der Waals surface area contributed by atoms with E-state index in [0.29, 0.717) is 86.7 Å². The van der Waals surface area contributed by atoms with E-state index in [0.717, 1.165) is 0 Å². The average Bonchev–Trinajstić information content (AvgIpc) is 3.72. The number of rotatable bonds is 11. The Morgan fingerprint density at radius 2 is 1.65 bits per heavy atom. The number of benzene rings is 2. The van der Waals surface area contributed by atoms with Crippen molar-refractivity contribution in [2.75, 3.05) is 71.9 Å². The number of nitrogens with two attached hydrogens (primary N) is 1. The molecule has 14 nitrogen and oxygen atoms in total. The summed E-state index contributed by atoms with van der Waals surface area (Å²) in [6.07, 6.45) is 3.82. The van der Waals surface area contributed by atoms with Crippen molar-refractivity contribution in [1.82, 2.24) is 29.1 Å². The predicted octanol–water partition coefficient (Wildman–Crippen LogP) is 3.72. The van der Waals surface area contributed by atoms with Crippen LogP contribution in [0.4, 0.5) is 14.5 Å². The molecule has 0 spiro atoms. The van der Waals surface area contributed by atoms with E-state index in [2.05, 4.69) is 15.4 Å². The lowest BCUT2D eigenvalue weighted by molar-refractivity contribution is -0.905. The highest BCUT2D eigenvalue weighted by molar-refractivity contribution is 6.34. The van der Waals surface area contributed by atoms with Gasteiger partial charge < -0.3 is 34.6 Å². The molecule has 292 valence electrons. The quantitative estimate of drug-likeness (QED) is 0.220. The molecule has 2 fully saturated rings. The van der Waals surface area contributed by atoms with Crippen molar-refractivity contribution >= 4 is 40.9 Å². The third-order valence-electron chi connectivity index (χ3n) is 10.7. The maximum Gasteiger partial charge on any atom is 0.291 e. The predicted molar refractivity (Wildman–Crippen MR) is 201 cm³/mol. The number of halogens is 3. The maximum atomic E-state index is 15.5. The summed E-state index contributed by atoms with van der Waals surface area (Å²) >= 11 is 6.55. The number of piperidine rings is 1. The van der Waals surface area contributed by atoms with Crippen LogP contribution in [0.2, 0.25) is 5.02 Å². The fourth-order valence-electron chi connectivity index (χ4n) is 7.35. The molecule has 4 heterocycles. The fraction of sp³-hybridized carbons (Fsp3) is 0.421. The molecule has 6 rings (SSSR count). The highest BCUT2D eigenvalue weighted by Crippen LogP contribution is 2.33. The normalized spacial score (nSPS) is 16.0. The molecule has 2 aromatic heterocycles. The van der Waals surface area contributed by atoms with E-state index in [1.165, 1.54) is 48.3 Å². The summed E-state index contributed by atoms with van der Waals surface area (Å²) in [4.78, 5) is 59.1. The van der Waals surface area contributed by atoms with E-state index in [4.69, 9.17) is 22.1 Å². The second kappa shape index (κ2) is 16.3. The molecule has 17 heteroatoms. The number of likely N-dealkylation sites (tertiary alicyclic amines) is 1. The van der Waals surface area contributed by atoms with E-state index in [9.17, 15) is 19.2 Å². The van der Waals surface area contributed by atoms with Gasteiger partial charge in [0.2, 0.25) is 5.91 Å². The zero-order chi connectivity index (χ0) is 39.6. The molecule has 0 atom stereocenters. The number of likely N-dealkylation sites (N-methyl/N-ethyl adjacent to an activating group) is 1. The van der Waals surface area contributed by atoms with Crippen LogP contribution in [0.5, 0.6) is 0 Å². The number of imidazole rings is 1. The summed E-state index contributed by atoms with van der Waals surface area (Å²) in [6, 6.07) is 7.44. The molecule has 0 saturated carbocycles. The number of quaternary nitrogens is 1. The van der Waals surface area contributed by atoms with Crippen LogP contribution < -0.4 is 11.1 Å². The summed E-state index contributed by atoms with van der Waals surface area (Å²) < 4.78 is 39.6. The SMILES string of the molecule is COCCn1ncc(-c2ccc(-c3cnc(C(=O)Nc4ccc(C(=O)N5CCC(C(=O)N6CC[N+](C)(CC(N)=O)CC6)CC5)c(Cl)c4)n3C)c(F)c2F)c1C. The smallest absolute Gasteiger partial charge is 0.291 e. The minimum Gasteiger partial charge on any atom is -0.383 e. The molecular weight excluding hydrogens is 736 g/mol. The molecule has 0 bridgehead atoms. The van der Waals surface area contributed by atoms with Gasteiger partial charge in [0, 0.05) is 61.2 Å². The Balaban J connectivity index is 1.06. The lowest BCUT2D eigenvalue weighted by atomic mass is 9.94. The van der Waals surface area contributed by atoms with Gasteiger partial charge in [-0.2, -0.15) is 5.10 Å². The minimum absolute atomic E-state index is 0.0567. The number of aromatic nitrogens is 4. The van der Waals surface area contributed by atoms with Gasteiger partial charge >= 0.3 is 0 Å². The maximum absolute atomic E-state index is 15.5. The second-order valence-corrected chi connectivity index (χ2v) is 14.8. The summed E-state index contributed by atoms with van der Waals surface area (Å²) in [5.41, 5.74) is 7.23. The van der Waals surface area contributed by atoms with Gasteiger partial charge in [0.15, 0.2) is 24.0 Å². The Hall–Kier alpha value is -5.19. The van der Waals surface area contributed by atoms with Crippen LogP contribution >= 0.6 is 11.6 Å². The monoisotopic (exact) mass is 780 g/mol. The van der Waals surface area contributed by atoms with Crippen LogP contribution in [-0.4, -0.2) is 124 Å². The number of carbonyl (C=O) groups is 4. The van der Waals surface area contributed by atoms with Crippen molar-refractivity contribution in [2.24, 2.45) is 18.7 Å². The number of methoxy groups -OCH3 is 1. The van der Waals surface area contributed by atoms with Crippen molar-refractivity contribution in [3.8, 4) is 22.4 Å². The lowest BCUT2D eigenvalue weighted by Gasteiger charge is -2.42. The third-order valence-corrected chi connectivity index (χ3v) is 11.0. The Morgan fingerprint density at radius 3 is 2.31 bits per heavy atom. The van der Waals surface area contributed by atoms with Crippen molar-refractivity contribution in [3.05, 3.63) is 76.5 Å². The standard InChI is InChI=1S/C38H44ClF2N9O5/c1-23-29(20-44-49(23)15-18-55-4)26-7-8-28(34(41)33(26)40)31-21-43-35(46(31)2)36(52)45-25-5-6-27(30(39)19-25)38(54)47-11-9-24(10-12-47)37(53)48-13-16-50(3,17-14-48)22-32(42)51/h5-8,19-21,24H,9-18,22H2,1-4H3,(H2-,42,45,51,52,54)/p+1. The molecule has 2 aliphatic heterocycles. The molecule has 55 heavy (non-hydrogen) atoms. The second-order valence-electron chi connectivity index (χ2n) is 14.4. The number of anilines is 1. The van der Waals surface area contributed by atoms with Crippen LogP contribution in [0.3, 0.4) is 0 Å². The first-order chi connectivity index (χ1) is 26.2. The van der Waals surface area contributed by atoms with Crippen molar-refractivity contribution < 1.29 is 37.2 Å². The molecule has 4 aromatic rings. The number of amides is 4. The van der Waals surface area contributed by atoms with Gasteiger partial charge in [-0.05, 0) is 44.0 Å². The first-order valence-electron chi connectivity index (χ1n) is 18.0. The van der Waals surface area contributed by atoms with Gasteiger partial charge in [-0.15, -0.1) is 0 Å². The fourth-order valence-corrected chi connectivity index (χ4v) is 7.62. The van der Waals surface area contributed by atoms with E-state index < -0.39 is 17.5 Å². The molecule has 2 saturated heterocycles. The summed E-state index contributed by atoms with van der Waals surface area (Å²) in [6.45, 7) is 6.10. The van der Waals surface area contributed by atoms with Crippen LogP contribution in [0, 0.1) is 24.5 Å². The van der Waals surface area contributed by atoms with Gasteiger partial charge in [0.05, 0.1) is 75.1 Å². The van der Waals surface area contributed by atoms with E-state index >= 15 is 8.78 Å². The number of carbonyl (C=O) groups excluding carboxylic acids is 4. The number of ether oxygens (including phenoxy) is 1. The first kappa shape index (κ1) is 39.5. The van der Waals surface area contributed by atoms with Gasteiger partial charge in [-0.3, -0.25) is 23.9 Å². The van der Waals surface area contributed by atoms with Crippen molar-refractivity contribution in [2.45, 2.75) is 26.3 Å². The van der Waals surface area contributed by atoms with Crippen LogP contribution in [0.1, 0.15) is 39.5 Å². The minimum atomic E-state index is -1.09. The molecular formula is C38H45ClF2N9O5+. The summed E-state index contributed by atoms with van der Waals surface area (Å²) in [5.74, 6) is -3.60. The van der Waals surface area contributed by atoms with Crippen molar-refractivity contribution in [3.63, 3.8) is 0 Å². The Bertz CT molecular complexity index is 2120. The number of piperazine rings is 1. The third kappa shape index (κ3) is 8.26. The molecule has 3 N–H and O–H groups in total. The Kier molecular flexibility index (Phi) is 11.7. The van der Waals surface area contributed by atoms with Gasteiger partial charge in [-0.25, -0.2) is 13.8 Å². The number of nitrogens with one attached hydrogen (secondary N) is 1. The van der Waals surface area contributed by atoms with E-state index in [1.54, 1.807) is 29.7 Å². The molecule has 0 aliphatic carbocycles. The highest BCUT2D eigenvalue weighted by atomic mass is 35.5. The lowest BCUT2D eigenvalue weighted by Crippen LogP contribution is -2.61. The van der Waals surface area contributed by atoms with Crippen LogP contribution in [0.15, 0.2) is 42.7 Å². The Morgan fingerprint density at radius 1 is 0.982 bits per heavy atom. The highest BCUT2D eigenvalue weighted by Gasteiger charge is 2.36. The number of nitrogens with zero attached hydrogens (tertiary/aromatic N) is 7. The molecule has 0 radical (unpaired) electrons. The zero-order valence-corrected chi connectivity index (χ0v) is 32.0.